The number of benzene rings is 2. The normalized spacial score (nSPS) is 10.4. The fraction of sp³-hybridized carbons (Fsp3) is 0.0455. The van der Waals surface area contributed by atoms with Gasteiger partial charge in [0.25, 0.3) is 0 Å². The third-order valence-electron chi connectivity index (χ3n) is 4.17. The number of aromatic nitrogens is 2. The van der Waals surface area contributed by atoms with Gasteiger partial charge in [-0.1, -0.05) is 36.4 Å². The van der Waals surface area contributed by atoms with Gasteiger partial charge >= 0.3 is 6.03 Å². The molecule has 2 amide bonds. The number of hydrogen-bond acceptors (Lipinski definition) is 4. The molecule has 0 unspecified atom stereocenters. The summed E-state index contributed by atoms with van der Waals surface area (Å²) in [5, 5.41) is 2.94. The molecule has 0 fully saturated rings. The van der Waals surface area contributed by atoms with Gasteiger partial charge in [0, 0.05) is 12.4 Å². The van der Waals surface area contributed by atoms with Gasteiger partial charge in [-0.2, -0.15) is 0 Å². The second kappa shape index (κ2) is 8.18. The van der Waals surface area contributed by atoms with Crippen molar-refractivity contribution in [2.24, 2.45) is 0 Å². The Morgan fingerprint density at radius 1 is 0.857 bits per heavy atom. The molecule has 2 aromatic carbocycles. The summed E-state index contributed by atoms with van der Waals surface area (Å²) >= 11 is 0. The van der Waals surface area contributed by atoms with Crippen LogP contribution in [-0.2, 0) is 6.54 Å². The van der Waals surface area contributed by atoms with Crippen LogP contribution in [0.5, 0.6) is 0 Å². The van der Waals surface area contributed by atoms with E-state index >= 15 is 0 Å². The van der Waals surface area contributed by atoms with Crippen LogP contribution in [0.2, 0.25) is 0 Å². The number of nitrogens with zero attached hydrogens (tertiary/aromatic N) is 3. The third kappa shape index (κ3) is 3.76. The highest BCUT2D eigenvalue weighted by atomic mass is 16.3. The average Bonchev–Trinajstić information content (AvgIpc) is 3.29. The van der Waals surface area contributed by atoms with Crippen LogP contribution < -0.4 is 10.2 Å². The summed E-state index contributed by atoms with van der Waals surface area (Å²) in [5.74, 6) is 0.611. The van der Waals surface area contributed by atoms with E-state index in [-0.39, 0.29) is 12.6 Å². The Labute approximate surface area is 162 Å². The highest BCUT2D eigenvalue weighted by molar-refractivity contribution is 5.99. The summed E-state index contributed by atoms with van der Waals surface area (Å²) in [4.78, 5) is 23.4. The number of rotatable bonds is 5. The minimum Gasteiger partial charge on any atom is -0.463 e. The standard InChI is InChI=1S/C22H18N4O2/c27-22(25-16-19-21(24-14-13-23-19)20-12-7-15-28-20)26(17-8-3-1-4-9-17)18-10-5-2-6-11-18/h1-15H,16H2,(H,25,27). The molecule has 6 heteroatoms. The van der Waals surface area contributed by atoms with Crippen LogP contribution in [0.25, 0.3) is 11.5 Å². The van der Waals surface area contributed by atoms with Gasteiger partial charge in [-0.25, -0.2) is 9.78 Å². The quantitative estimate of drug-likeness (QED) is 0.548. The lowest BCUT2D eigenvalue weighted by molar-refractivity contribution is 0.248. The maximum atomic E-state index is 13.1. The first-order valence-electron chi connectivity index (χ1n) is 8.85. The molecule has 2 aromatic heterocycles. The number of urea groups is 1. The van der Waals surface area contributed by atoms with E-state index in [0.29, 0.717) is 17.1 Å². The smallest absolute Gasteiger partial charge is 0.326 e. The lowest BCUT2D eigenvalue weighted by atomic mass is 10.2. The van der Waals surface area contributed by atoms with E-state index in [1.165, 1.54) is 0 Å². The van der Waals surface area contributed by atoms with Crippen LogP contribution in [0.1, 0.15) is 5.69 Å². The minimum absolute atomic E-state index is 0.221. The van der Waals surface area contributed by atoms with E-state index in [4.69, 9.17) is 4.42 Å². The summed E-state index contributed by atoms with van der Waals surface area (Å²) in [6.45, 7) is 0.221. The topological polar surface area (TPSA) is 71.3 Å². The minimum atomic E-state index is -0.256. The molecule has 0 radical (unpaired) electrons. The molecule has 28 heavy (non-hydrogen) atoms. The zero-order chi connectivity index (χ0) is 19.2. The Morgan fingerprint density at radius 2 is 1.50 bits per heavy atom. The zero-order valence-electron chi connectivity index (χ0n) is 15.0. The average molecular weight is 370 g/mol. The number of carbonyl (C=O) groups is 1. The summed E-state index contributed by atoms with van der Waals surface area (Å²) in [6.07, 6.45) is 4.78. The lowest BCUT2D eigenvalue weighted by Gasteiger charge is -2.23. The van der Waals surface area contributed by atoms with Gasteiger partial charge in [-0.3, -0.25) is 9.88 Å². The van der Waals surface area contributed by atoms with Crippen molar-refractivity contribution in [2.75, 3.05) is 4.90 Å². The van der Waals surface area contributed by atoms with E-state index in [2.05, 4.69) is 15.3 Å². The number of para-hydroxylation sites is 2. The third-order valence-corrected chi connectivity index (χ3v) is 4.17. The first-order chi connectivity index (χ1) is 13.8. The van der Waals surface area contributed by atoms with Crippen molar-refractivity contribution in [3.8, 4) is 11.5 Å². The molecule has 1 N–H and O–H groups in total. The van der Waals surface area contributed by atoms with Gasteiger partial charge in [-0.05, 0) is 36.4 Å². The molecule has 0 spiro atoms. The van der Waals surface area contributed by atoms with Gasteiger partial charge in [0.1, 0.15) is 5.69 Å². The Balaban J connectivity index is 1.58. The number of amides is 2. The Bertz CT molecular complexity index is 995. The van der Waals surface area contributed by atoms with Gasteiger partial charge < -0.3 is 9.73 Å². The van der Waals surface area contributed by atoms with E-state index < -0.39 is 0 Å². The van der Waals surface area contributed by atoms with Gasteiger partial charge in [0.2, 0.25) is 0 Å². The van der Waals surface area contributed by atoms with Crippen LogP contribution in [-0.4, -0.2) is 16.0 Å². The second-order valence-corrected chi connectivity index (χ2v) is 5.99. The van der Waals surface area contributed by atoms with Gasteiger partial charge in [0.15, 0.2) is 5.76 Å². The Hall–Kier alpha value is -3.93. The molecular formula is C22H18N4O2. The van der Waals surface area contributed by atoms with Crippen molar-refractivity contribution in [1.82, 2.24) is 15.3 Å². The molecule has 138 valence electrons. The van der Waals surface area contributed by atoms with Crippen molar-refractivity contribution < 1.29 is 9.21 Å². The first-order valence-corrected chi connectivity index (χ1v) is 8.85. The number of carbonyl (C=O) groups excluding carboxylic acids is 1. The van der Waals surface area contributed by atoms with Crippen LogP contribution in [0.4, 0.5) is 16.2 Å². The molecular weight excluding hydrogens is 352 g/mol. The monoisotopic (exact) mass is 370 g/mol. The molecule has 6 nitrogen and oxygen atoms in total. The highest BCUT2D eigenvalue weighted by Crippen LogP contribution is 2.25. The predicted octanol–water partition coefficient (Wildman–Crippen LogP) is 4.78. The van der Waals surface area contributed by atoms with E-state index in [9.17, 15) is 4.79 Å². The van der Waals surface area contributed by atoms with Crippen LogP contribution in [0.15, 0.2) is 95.9 Å². The number of nitrogens with one attached hydrogen (secondary N) is 1. The zero-order valence-corrected chi connectivity index (χ0v) is 15.0. The van der Waals surface area contributed by atoms with Gasteiger partial charge in [-0.15, -0.1) is 0 Å². The van der Waals surface area contributed by atoms with E-state index in [1.54, 1.807) is 29.6 Å². The summed E-state index contributed by atoms with van der Waals surface area (Å²) in [7, 11) is 0. The molecule has 0 bridgehead atoms. The first kappa shape index (κ1) is 17.5. The summed E-state index contributed by atoms with van der Waals surface area (Å²) < 4.78 is 5.43. The Kier molecular flexibility index (Phi) is 5.11. The van der Waals surface area contributed by atoms with Crippen molar-refractivity contribution >= 4 is 17.4 Å². The molecule has 0 saturated heterocycles. The maximum Gasteiger partial charge on any atom is 0.326 e. The van der Waals surface area contributed by atoms with E-state index in [0.717, 1.165) is 11.4 Å². The Morgan fingerprint density at radius 3 is 2.11 bits per heavy atom. The van der Waals surface area contributed by atoms with Crippen molar-refractivity contribution in [1.29, 1.82) is 0 Å². The SMILES string of the molecule is O=C(NCc1nccnc1-c1ccco1)N(c1ccccc1)c1ccccc1. The maximum absolute atomic E-state index is 13.1. The summed E-state index contributed by atoms with van der Waals surface area (Å²) in [5.41, 5.74) is 2.79. The largest absolute Gasteiger partial charge is 0.463 e. The molecule has 0 aliphatic heterocycles. The molecule has 4 aromatic rings. The molecule has 4 rings (SSSR count). The van der Waals surface area contributed by atoms with Crippen molar-refractivity contribution in [3.05, 3.63) is 97.1 Å². The molecule has 0 aliphatic rings. The van der Waals surface area contributed by atoms with Crippen LogP contribution in [0, 0.1) is 0 Å². The van der Waals surface area contributed by atoms with Crippen LogP contribution >= 0.6 is 0 Å². The fourth-order valence-electron chi connectivity index (χ4n) is 2.89. The molecule has 0 aliphatic carbocycles. The number of furan rings is 1. The molecule has 0 atom stereocenters. The van der Waals surface area contributed by atoms with Crippen molar-refractivity contribution in [2.45, 2.75) is 6.54 Å². The van der Waals surface area contributed by atoms with Crippen molar-refractivity contribution in [3.63, 3.8) is 0 Å². The number of anilines is 2. The van der Waals surface area contributed by atoms with Gasteiger partial charge in [0.05, 0.1) is 29.9 Å². The molecule has 2 heterocycles. The second-order valence-electron chi connectivity index (χ2n) is 5.99. The number of hydrogen-bond donors (Lipinski definition) is 1. The lowest BCUT2D eigenvalue weighted by Crippen LogP contribution is -2.36. The summed E-state index contributed by atoms with van der Waals surface area (Å²) in [6, 6.07) is 22.3. The van der Waals surface area contributed by atoms with Crippen LogP contribution in [0.3, 0.4) is 0 Å². The molecule has 0 saturated carbocycles. The predicted molar refractivity (Wildman–Crippen MR) is 107 cm³/mol. The highest BCUT2D eigenvalue weighted by Gasteiger charge is 2.19. The fourth-order valence-corrected chi connectivity index (χ4v) is 2.89. The van der Waals surface area contributed by atoms with E-state index in [1.807, 2.05) is 66.7 Å².